The van der Waals surface area contributed by atoms with Gasteiger partial charge in [-0.3, -0.25) is 9.79 Å². The number of amidine groups is 1. The Morgan fingerprint density at radius 3 is 2.50 bits per heavy atom. The second kappa shape index (κ2) is 11.2. The second-order valence-corrected chi connectivity index (χ2v) is 13.2. The molecular formula is C28H32ClF3N4O3S. The Morgan fingerprint density at radius 1 is 1.23 bits per heavy atom. The molecule has 7 nitrogen and oxygen atoms in total. The molecule has 12 heteroatoms. The third-order valence-electron chi connectivity index (χ3n) is 7.15. The van der Waals surface area contributed by atoms with Crippen molar-refractivity contribution in [3.8, 4) is 0 Å². The molecule has 2 aliphatic heterocycles. The largest absolute Gasteiger partial charge is 0.363 e. The molecule has 0 radical (unpaired) electrons. The van der Waals surface area contributed by atoms with E-state index in [2.05, 4.69) is 16.9 Å². The minimum Gasteiger partial charge on any atom is -0.363 e. The Hall–Kier alpha value is -2.89. The first kappa shape index (κ1) is 30.1. The van der Waals surface area contributed by atoms with E-state index in [1.165, 1.54) is 33.5 Å². The van der Waals surface area contributed by atoms with Crippen LogP contribution in [0, 0.1) is 5.82 Å². The zero-order valence-corrected chi connectivity index (χ0v) is 24.1. The molecule has 1 amide bonds. The quantitative estimate of drug-likeness (QED) is 0.441. The lowest BCUT2D eigenvalue weighted by Gasteiger charge is -2.30. The van der Waals surface area contributed by atoms with Gasteiger partial charge in [-0.1, -0.05) is 42.4 Å². The number of carbonyl (C=O) groups excluding carboxylic acids is 1. The zero-order chi connectivity index (χ0) is 29.5. The summed E-state index contributed by atoms with van der Waals surface area (Å²) in [6.45, 7) is 8.36. The first-order valence-corrected chi connectivity index (χ1v) is 14.6. The van der Waals surface area contributed by atoms with Gasteiger partial charge in [-0.15, -0.1) is 0 Å². The van der Waals surface area contributed by atoms with Crippen molar-refractivity contribution in [2.24, 2.45) is 4.99 Å². The molecule has 1 saturated heterocycles. The van der Waals surface area contributed by atoms with E-state index in [4.69, 9.17) is 11.6 Å². The highest BCUT2D eigenvalue weighted by molar-refractivity contribution is 7.89. The van der Waals surface area contributed by atoms with Gasteiger partial charge in [0.05, 0.1) is 22.0 Å². The van der Waals surface area contributed by atoms with Crippen LogP contribution in [0.5, 0.6) is 0 Å². The molecule has 2 aliphatic rings. The zero-order valence-electron chi connectivity index (χ0n) is 22.5. The SMILES string of the molecule is C=C(CCN(Cc1ccc(Cl)c(F)c1)S(=O)(=O)c1ccccc1)C1=N[C@@H](C(=O)N2CC(F)(F)C[C@@H]2C)C(C)(C)N1. The maximum Gasteiger partial charge on any atom is 0.267 e. The lowest BCUT2D eigenvalue weighted by atomic mass is 9.95. The van der Waals surface area contributed by atoms with Gasteiger partial charge in [-0.05, 0) is 62.6 Å². The van der Waals surface area contributed by atoms with Gasteiger partial charge in [0.15, 0.2) is 6.04 Å². The summed E-state index contributed by atoms with van der Waals surface area (Å²) < 4.78 is 70.2. The Bertz CT molecular complexity index is 1430. The number of nitrogens with one attached hydrogen (secondary N) is 1. The fourth-order valence-corrected chi connectivity index (χ4v) is 6.52. The molecule has 2 aromatic rings. The highest BCUT2D eigenvalue weighted by atomic mass is 35.5. The number of likely N-dealkylation sites (tertiary alicyclic amines) is 1. The minimum absolute atomic E-state index is 0.0184. The van der Waals surface area contributed by atoms with Gasteiger partial charge >= 0.3 is 0 Å². The molecule has 1 fully saturated rings. The fraction of sp³-hybridized carbons (Fsp3) is 0.429. The number of hydrogen-bond acceptors (Lipinski definition) is 5. The number of hydrogen-bond donors (Lipinski definition) is 1. The van der Waals surface area contributed by atoms with Crippen LogP contribution in [-0.2, 0) is 21.4 Å². The molecule has 2 atom stereocenters. The number of aliphatic imine (C=N–C) groups is 1. The Balaban J connectivity index is 1.53. The van der Waals surface area contributed by atoms with Crippen molar-refractivity contribution in [2.75, 3.05) is 13.1 Å². The number of amides is 1. The first-order valence-electron chi connectivity index (χ1n) is 12.8. The minimum atomic E-state index is -3.97. The molecule has 1 N–H and O–H groups in total. The normalized spacial score (nSPS) is 21.8. The summed E-state index contributed by atoms with van der Waals surface area (Å²) in [5, 5.41) is 3.09. The van der Waals surface area contributed by atoms with Crippen molar-refractivity contribution in [3.63, 3.8) is 0 Å². The molecule has 216 valence electrons. The highest BCUT2D eigenvalue weighted by Crippen LogP contribution is 2.34. The number of carbonyl (C=O) groups is 1. The Kier molecular flexibility index (Phi) is 8.40. The molecule has 0 bridgehead atoms. The summed E-state index contributed by atoms with van der Waals surface area (Å²) in [5.74, 6) is -3.78. The van der Waals surface area contributed by atoms with Crippen LogP contribution in [-0.4, -0.2) is 66.0 Å². The van der Waals surface area contributed by atoms with E-state index in [-0.39, 0.29) is 29.4 Å². The standard InChI is InChI=1S/C28H32ClF3N4O3S/c1-18(25-33-24(27(3,4)34-25)26(37)36-17-28(31,32)15-19(36)2)12-13-35(16-20-10-11-22(29)23(30)14-20)40(38,39)21-8-6-5-7-9-21/h5-11,14,19,24H,1,12-13,15-17H2,2-4H3,(H,33,34)/t19-,24-/m0/s1. The number of alkyl halides is 2. The summed E-state index contributed by atoms with van der Waals surface area (Å²) in [6.07, 6.45) is -0.255. The Morgan fingerprint density at radius 2 is 1.90 bits per heavy atom. The predicted octanol–water partition coefficient (Wildman–Crippen LogP) is 5.02. The van der Waals surface area contributed by atoms with Crippen molar-refractivity contribution < 1.29 is 26.4 Å². The van der Waals surface area contributed by atoms with Crippen LogP contribution in [0.25, 0.3) is 0 Å². The molecule has 0 unspecified atom stereocenters. The van der Waals surface area contributed by atoms with Crippen LogP contribution < -0.4 is 5.32 Å². The summed E-state index contributed by atoms with van der Waals surface area (Å²) >= 11 is 5.80. The van der Waals surface area contributed by atoms with Gasteiger partial charge in [0.25, 0.3) is 5.92 Å². The fourth-order valence-electron chi connectivity index (χ4n) is 4.95. The lowest BCUT2D eigenvalue weighted by molar-refractivity contribution is -0.135. The molecule has 0 aromatic heterocycles. The van der Waals surface area contributed by atoms with E-state index in [1.54, 1.807) is 45.0 Å². The molecule has 4 rings (SSSR count). The number of sulfonamides is 1. The van der Waals surface area contributed by atoms with Crippen LogP contribution in [0.4, 0.5) is 13.2 Å². The topological polar surface area (TPSA) is 82.1 Å². The summed E-state index contributed by atoms with van der Waals surface area (Å²) in [6, 6.07) is 10.4. The predicted molar refractivity (Wildman–Crippen MR) is 148 cm³/mol. The Labute approximate surface area is 237 Å². The van der Waals surface area contributed by atoms with E-state index < -0.39 is 58.3 Å². The van der Waals surface area contributed by atoms with Gasteiger partial charge in [0, 0.05) is 25.6 Å². The van der Waals surface area contributed by atoms with Crippen LogP contribution in [0.3, 0.4) is 0 Å². The van der Waals surface area contributed by atoms with Gasteiger partial charge in [0.2, 0.25) is 15.9 Å². The maximum atomic E-state index is 14.1. The van der Waals surface area contributed by atoms with E-state index >= 15 is 0 Å². The highest BCUT2D eigenvalue weighted by Gasteiger charge is 2.50. The van der Waals surface area contributed by atoms with Crippen LogP contribution in [0.1, 0.15) is 39.2 Å². The van der Waals surface area contributed by atoms with Gasteiger partial charge < -0.3 is 10.2 Å². The lowest BCUT2D eigenvalue weighted by Crippen LogP contribution is -2.53. The van der Waals surface area contributed by atoms with Crippen molar-refractivity contribution in [1.29, 1.82) is 0 Å². The maximum absolute atomic E-state index is 14.1. The summed E-state index contributed by atoms with van der Waals surface area (Å²) in [5.41, 5.74) is -0.0192. The average molecular weight is 597 g/mol. The summed E-state index contributed by atoms with van der Waals surface area (Å²) in [7, 11) is -3.97. The van der Waals surface area contributed by atoms with Crippen molar-refractivity contribution >= 4 is 33.4 Å². The third kappa shape index (κ3) is 6.37. The monoisotopic (exact) mass is 596 g/mol. The first-order chi connectivity index (χ1) is 18.6. The number of halogens is 4. The molecule has 40 heavy (non-hydrogen) atoms. The van der Waals surface area contributed by atoms with E-state index in [0.29, 0.717) is 17.0 Å². The molecule has 0 spiro atoms. The van der Waals surface area contributed by atoms with E-state index in [0.717, 1.165) is 0 Å². The van der Waals surface area contributed by atoms with Gasteiger partial charge in [0.1, 0.15) is 11.7 Å². The van der Waals surface area contributed by atoms with Crippen LogP contribution >= 0.6 is 11.6 Å². The molecule has 2 aromatic carbocycles. The van der Waals surface area contributed by atoms with E-state index in [9.17, 15) is 26.4 Å². The van der Waals surface area contributed by atoms with Crippen LogP contribution in [0.15, 0.2) is 70.6 Å². The van der Waals surface area contributed by atoms with Crippen molar-refractivity contribution in [1.82, 2.24) is 14.5 Å². The molecular weight excluding hydrogens is 565 g/mol. The van der Waals surface area contributed by atoms with Crippen molar-refractivity contribution in [2.45, 2.75) is 68.6 Å². The number of rotatable bonds is 9. The smallest absolute Gasteiger partial charge is 0.267 e. The summed E-state index contributed by atoms with van der Waals surface area (Å²) in [4.78, 5) is 19.0. The molecule has 0 saturated carbocycles. The third-order valence-corrected chi connectivity index (χ3v) is 9.31. The molecule has 2 heterocycles. The van der Waals surface area contributed by atoms with E-state index in [1.807, 2.05) is 0 Å². The van der Waals surface area contributed by atoms with Gasteiger partial charge in [-0.25, -0.2) is 21.6 Å². The number of benzene rings is 2. The van der Waals surface area contributed by atoms with Crippen LogP contribution in [0.2, 0.25) is 5.02 Å². The second-order valence-electron chi connectivity index (χ2n) is 10.9. The average Bonchev–Trinajstić information content (AvgIpc) is 3.36. The molecule has 0 aliphatic carbocycles. The van der Waals surface area contributed by atoms with Crippen molar-refractivity contribution in [3.05, 3.63) is 77.1 Å². The van der Waals surface area contributed by atoms with Gasteiger partial charge in [-0.2, -0.15) is 4.31 Å². The number of nitrogens with zero attached hydrogens (tertiary/aromatic N) is 3.